The number of nitrogens with one attached hydrogen (secondary N) is 1. The van der Waals surface area contributed by atoms with Crippen LogP contribution in [0.3, 0.4) is 0 Å². The van der Waals surface area contributed by atoms with Crippen LogP contribution in [0.4, 0.5) is 11.5 Å². The van der Waals surface area contributed by atoms with E-state index in [1.807, 2.05) is 6.92 Å². The van der Waals surface area contributed by atoms with Crippen LogP contribution in [0.15, 0.2) is 14.1 Å². The van der Waals surface area contributed by atoms with E-state index in [-0.39, 0.29) is 18.1 Å². The van der Waals surface area contributed by atoms with Crippen molar-refractivity contribution in [1.82, 2.24) is 19.7 Å². The maximum atomic E-state index is 12.4. The summed E-state index contributed by atoms with van der Waals surface area (Å²) < 4.78 is 11.6. The van der Waals surface area contributed by atoms with Crippen molar-refractivity contribution < 1.29 is 9.26 Å². The van der Waals surface area contributed by atoms with Crippen molar-refractivity contribution in [3.63, 3.8) is 0 Å². The Morgan fingerprint density at radius 3 is 2.76 bits per heavy atom. The van der Waals surface area contributed by atoms with Gasteiger partial charge in [-0.05, 0) is 13.3 Å². The number of H-pyrrole nitrogens is 1. The Balaban J connectivity index is 2.44. The van der Waals surface area contributed by atoms with E-state index in [1.54, 1.807) is 18.9 Å². The molecule has 0 saturated heterocycles. The molecule has 2 heterocycles. The molecule has 0 aliphatic carbocycles. The standard InChI is InChI=1S/C15H24N6O4/c1-4-5-6-21-13(16)12(14(22)18-15(21)23)20(7-8-24-3)9-11-17-10(2)19-25-11/h4-9,16H2,1-3H3,(H,18,22,23). The molecule has 0 aliphatic heterocycles. The monoisotopic (exact) mass is 352 g/mol. The van der Waals surface area contributed by atoms with Gasteiger partial charge in [-0.3, -0.25) is 14.3 Å². The van der Waals surface area contributed by atoms with Gasteiger partial charge in [-0.25, -0.2) is 4.79 Å². The highest BCUT2D eigenvalue weighted by Crippen LogP contribution is 2.19. The van der Waals surface area contributed by atoms with Crippen LogP contribution in [0.25, 0.3) is 0 Å². The molecule has 0 fully saturated rings. The summed E-state index contributed by atoms with van der Waals surface area (Å²) >= 11 is 0. The van der Waals surface area contributed by atoms with Crippen LogP contribution in [0, 0.1) is 6.92 Å². The van der Waals surface area contributed by atoms with Gasteiger partial charge in [0.1, 0.15) is 11.5 Å². The van der Waals surface area contributed by atoms with Crippen LogP contribution in [0.5, 0.6) is 0 Å². The molecule has 0 aliphatic rings. The van der Waals surface area contributed by atoms with Crippen molar-refractivity contribution in [2.75, 3.05) is 30.9 Å². The number of nitrogen functional groups attached to an aromatic ring is 1. The number of anilines is 2. The lowest BCUT2D eigenvalue weighted by Gasteiger charge is -2.24. The molecule has 10 heteroatoms. The van der Waals surface area contributed by atoms with E-state index in [2.05, 4.69) is 15.1 Å². The summed E-state index contributed by atoms with van der Waals surface area (Å²) in [6.45, 7) is 5.07. The number of aromatic nitrogens is 4. The Morgan fingerprint density at radius 2 is 2.16 bits per heavy atom. The molecule has 0 atom stereocenters. The van der Waals surface area contributed by atoms with E-state index in [4.69, 9.17) is 15.0 Å². The number of hydrogen-bond donors (Lipinski definition) is 2. The number of aromatic amines is 1. The first kappa shape index (κ1) is 18.7. The third kappa shape index (κ3) is 4.47. The number of nitrogens with zero attached hydrogens (tertiary/aromatic N) is 4. The normalized spacial score (nSPS) is 11.0. The topological polar surface area (TPSA) is 132 Å². The van der Waals surface area contributed by atoms with E-state index in [9.17, 15) is 9.59 Å². The summed E-state index contributed by atoms with van der Waals surface area (Å²) in [5, 5.41) is 3.74. The molecule has 0 spiro atoms. The van der Waals surface area contributed by atoms with E-state index in [0.29, 0.717) is 31.4 Å². The second-order valence-corrected chi connectivity index (χ2v) is 5.65. The van der Waals surface area contributed by atoms with Crippen molar-refractivity contribution in [1.29, 1.82) is 0 Å². The zero-order valence-corrected chi connectivity index (χ0v) is 14.7. The molecule has 0 unspecified atom stereocenters. The number of rotatable bonds is 9. The number of ether oxygens (including phenoxy) is 1. The zero-order valence-electron chi connectivity index (χ0n) is 14.7. The number of aryl methyl sites for hydroxylation is 1. The fourth-order valence-corrected chi connectivity index (χ4v) is 2.46. The van der Waals surface area contributed by atoms with Gasteiger partial charge in [0, 0.05) is 20.2 Å². The van der Waals surface area contributed by atoms with Crippen molar-refractivity contribution in [2.45, 2.75) is 39.8 Å². The van der Waals surface area contributed by atoms with Crippen molar-refractivity contribution in [2.24, 2.45) is 0 Å². The molecule has 0 saturated carbocycles. The number of unbranched alkanes of at least 4 members (excludes halogenated alkanes) is 1. The molecule has 0 aromatic carbocycles. The summed E-state index contributed by atoms with van der Waals surface area (Å²) in [5.74, 6) is 0.963. The fraction of sp³-hybridized carbons (Fsp3) is 0.600. The van der Waals surface area contributed by atoms with Crippen LogP contribution in [-0.2, 0) is 17.8 Å². The quantitative estimate of drug-likeness (QED) is 0.657. The average Bonchev–Trinajstić information content (AvgIpc) is 2.97. The minimum absolute atomic E-state index is 0.120. The highest BCUT2D eigenvalue weighted by molar-refractivity contribution is 5.62. The third-order valence-corrected chi connectivity index (χ3v) is 3.73. The van der Waals surface area contributed by atoms with Gasteiger partial charge in [-0.1, -0.05) is 18.5 Å². The lowest BCUT2D eigenvalue weighted by molar-refractivity contribution is 0.204. The van der Waals surface area contributed by atoms with Gasteiger partial charge in [-0.15, -0.1) is 0 Å². The smallest absolute Gasteiger partial charge is 0.330 e. The predicted octanol–water partition coefficient (Wildman–Crippen LogP) is 0.263. The minimum atomic E-state index is -0.553. The molecule has 0 bridgehead atoms. The molecule has 138 valence electrons. The van der Waals surface area contributed by atoms with Gasteiger partial charge in [0.05, 0.1) is 13.2 Å². The average molecular weight is 352 g/mol. The Labute approximate surface area is 144 Å². The van der Waals surface area contributed by atoms with E-state index in [1.165, 1.54) is 4.57 Å². The summed E-state index contributed by atoms with van der Waals surface area (Å²) in [4.78, 5) is 32.6. The molecule has 3 N–H and O–H groups in total. The van der Waals surface area contributed by atoms with E-state index in [0.717, 1.165) is 12.8 Å². The van der Waals surface area contributed by atoms with E-state index >= 15 is 0 Å². The Morgan fingerprint density at radius 1 is 1.40 bits per heavy atom. The van der Waals surface area contributed by atoms with Gasteiger partial charge in [0.15, 0.2) is 5.82 Å². The van der Waals surface area contributed by atoms with Gasteiger partial charge >= 0.3 is 5.69 Å². The number of methoxy groups -OCH3 is 1. The summed E-state index contributed by atoms with van der Waals surface area (Å²) in [7, 11) is 1.56. The fourth-order valence-electron chi connectivity index (χ4n) is 2.46. The first-order chi connectivity index (χ1) is 12.0. The van der Waals surface area contributed by atoms with Crippen molar-refractivity contribution in [3.05, 3.63) is 32.6 Å². The third-order valence-electron chi connectivity index (χ3n) is 3.73. The van der Waals surface area contributed by atoms with Crippen LogP contribution in [0.2, 0.25) is 0 Å². The highest BCUT2D eigenvalue weighted by Gasteiger charge is 2.21. The molecule has 2 rings (SSSR count). The molecule has 2 aromatic rings. The van der Waals surface area contributed by atoms with Crippen LogP contribution < -0.4 is 21.9 Å². The van der Waals surface area contributed by atoms with Crippen molar-refractivity contribution >= 4 is 11.5 Å². The molecule has 10 nitrogen and oxygen atoms in total. The lowest BCUT2D eigenvalue weighted by atomic mass is 10.3. The van der Waals surface area contributed by atoms with E-state index < -0.39 is 11.2 Å². The lowest BCUT2D eigenvalue weighted by Crippen LogP contribution is -2.39. The molecule has 0 amide bonds. The largest absolute Gasteiger partial charge is 0.383 e. The van der Waals surface area contributed by atoms with Gasteiger partial charge < -0.3 is 19.9 Å². The zero-order chi connectivity index (χ0) is 18.4. The van der Waals surface area contributed by atoms with Gasteiger partial charge in [0.25, 0.3) is 5.56 Å². The maximum absolute atomic E-state index is 12.4. The molecule has 25 heavy (non-hydrogen) atoms. The first-order valence-corrected chi connectivity index (χ1v) is 8.13. The van der Waals surface area contributed by atoms with Crippen LogP contribution in [0.1, 0.15) is 31.5 Å². The second kappa shape index (κ2) is 8.47. The van der Waals surface area contributed by atoms with Crippen LogP contribution in [-0.4, -0.2) is 40.0 Å². The summed E-state index contributed by atoms with van der Waals surface area (Å²) in [6, 6.07) is 0. The summed E-state index contributed by atoms with van der Waals surface area (Å²) in [5.41, 5.74) is 5.28. The summed E-state index contributed by atoms with van der Waals surface area (Å²) in [6.07, 6.45) is 1.67. The SMILES string of the molecule is CCCCn1c(N)c(N(CCOC)Cc2nc(C)no2)c(=O)[nH]c1=O. The van der Waals surface area contributed by atoms with Gasteiger partial charge in [-0.2, -0.15) is 4.98 Å². The molecule has 2 aromatic heterocycles. The molecule has 0 radical (unpaired) electrons. The van der Waals surface area contributed by atoms with Gasteiger partial charge in [0.2, 0.25) is 5.89 Å². The van der Waals surface area contributed by atoms with Crippen LogP contribution >= 0.6 is 0 Å². The molecular formula is C15H24N6O4. The molecular weight excluding hydrogens is 328 g/mol. The Hall–Kier alpha value is -2.62. The Bertz CT molecular complexity index is 809. The predicted molar refractivity (Wildman–Crippen MR) is 92.6 cm³/mol. The van der Waals surface area contributed by atoms with Crippen molar-refractivity contribution in [3.8, 4) is 0 Å². The maximum Gasteiger partial charge on any atom is 0.330 e. The highest BCUT2D eigenvalue weighted by atomic mass is 16.5. The number of nitrogens with two attached hydrogens (primary N) is 1. The Kier molecular flexibility index (Phi) is 6.34. The minimum Gasteiger partial charge on any atom is -0.383 e. The first-order valence-electron chi connectivity index (χ1n) is 8.13. The number of hydrogen-bond acceptors (Lipinski definition) is 8. The second-order valence-electron chi connectivity index (χ2n) is 5.65.